The van der Waals surface area contributed by atoms with E-state index in [0.717, 1.165) is 5.01 Å². The van der Waals surface area contributed by atoms with E-state index in [1.165, 1.54) is 11.3 Å². The van der Waals surface area contributed by atoms with Gasteiger partial charge in [0.05, 0.1) is 10.7 Å². The van der Waals surface area contributed by atoms with Crippen molar-refractivity contribution in [1.82, 2.24) is 4.98 Å². The predicted molar refractivity (Wildman–Crippen MR) is 31.2 cm³/mol. The summed E-state index contributed by atoms with van der Waals surface area (Å²) in [5.74, 6) is 0. The van der Waals surface area contributed by atoms with Crippen LogP contribution in [-0.4, -0.2) is 4.98 Å². The Labute approximate surface area is 51.8 Å². The number of hydrogen-bond donors (Lipinski definition) is 0. The molecule has 0 fully saturated rings. The minimum absolute atomic E-state index is 0.190. The van der Waals surface area contributed by atoms with Gasteiger partial charge in [0.2, 0.25) is 0 Å². The molecule has 8 heavy (non-hydrogen) atoms. The molecule has 0 unspecified atom stereocenters. The zero-order chi connectivity index (χ0) is 5.98. The first kappa shape index (κ1) is 5.72. The van der Waals surface area contributed by atoms with Crippen molar-refractivity contribution in [3.8, 4) is 0 Å². The molecule has 43 valence electrons. The summed E-state index contributed by atoms with van der Waals surface area (Å²) in [4.78, 5) is 3.94. The molecule has 0 saturated carbocycles. The van der Waals surface area contributed by atoms with Crippen molar-refractivity contribution in [1.29, 1.82) is 0 Å². The molecule has 0 bridgehead atoms. The van der Waals surface area contributed by atoms with Gasteiger partial charge in [0.25, 0.3) is 0 Å². The van der Waals surface area contributed by atoms with Gasteiger partial charge in [-0.25, -0.2) is 10.1 Å². The van der Waals surface area contributed by atoms with Crippen LogP contribution < -0.4 is 0 Å². The minimum Gasteiger partial charge on any atom is -0.244 e. The van der Waals surface area contributed by atoms with E-state index < -0.39 is 0 Å². The monoisotopic (exact) mass is 128 g/mol. The SMILES string of the molecule is Cc1nc(C[O])cs1. The third kappa shape index (κ3) is 1.05. The fraction of sp³-hybridized carbons (Fsp3) is 0.400. The zero-order valence-corrected chi connectivity index (χ0v) is 5.36. The topological polar surface area (TPSA) is 32.8 Å². The van der Waals surface area contributed by atoms with Crippen molar-refractivity contribution >= 4 is 11.3 Å². The third-order valence-corrected chi connectivity index (χ3v) is 1.64. The highest BCUT2D eigenvalue weighted by atomic mass is 32.1. The van der Waals surface area contributed by atoms with Gasteiger partial charge in [-0.3, -0.25) is 0 Å². The molecule has 2 nitrogen and oxygen atoms in total. The Balaban J connectivity index is 2.84. The first-order valence-electron chi connectivity index (χ1n) is 2.32. The number of rotatable bonds is 1. The highest BCUT2D eigenvalue weighted by Gasteiger charge is 1.93. The van der Waals surface area contributed by atoms with Crippen LogP contribution in [0.2, 0.25) is 0 Å². The van der Waals surface area contributed by atoms with E-state index in [0.29, 0.717) is 5.69 Å². The largest absolute Gasteiger partial charge is 0.244 e. The molecule has 0 amide bonds. The van der Waals surface area contributed by atoms with Crippen LogP contribution in [0.25, 0.3) is 0 Å². The molecule has 0 aliphatic heterocycles. The van der Waals surface area contributed by atoms with E-state index in [4.69, 9.17) is 0 Å². The van der Waals surface area contributed by atoms with Crippen LogP contribution in [0.1, 0.15) is 10.7 Å². The van der Waals surface area contributed by atoms with Gasteiger partial charge in [-0.15, -0.1) is 11.3 Å². The molecule has 0 saturated heterocycles. The molecule has 1 heterocycles. The van der Waals surface area contributed by atoms with Gasteiger partial charge in [0.1, 0.15) is 6.61 Å². The summed E-state index contributed by atoms with van der Waals surface area (Å²) >= 11 is 1.52. The van der Waals surface area contributed by atoms with Gasteiger partial charge in [0, 0.05) is 5.38 Å². The Morgan fingerprint density at radius 2 is 2.62 bits per heavy atom. The van der Waals surface area contributed by atoms with E-state index in [1.807, 2.05) is 6.92 Å². The molecule has 0 aliphatic carbocycles. The molecule has 1 radical (unpaired) electrons. The average Bonchev–Trinajstić information content (AvgIpc) is 2.14. The van der Waals surface area contributed by atoms with E-state index in [1.54, 1.807) is 5.38 Å². The molecule has 0 aromatic carbocycles. The molecule has 1 aromatic rings. The summed E-state index contributed by atoms with van der Waals surface area (Å²) in [5.41, 5.74) is 0.660. The van der Waals surface area contributed by atoms with Crippen LogP contribution in [0.5, 0.6) is 0 Å². The van der Waals surface area contributed by atoms with Crippen LogP contribution in [-0.2, 0) is 11.7 Å². The van der Waals surface area contributed by atoms with Gasteiger partial charge in [-0.2, -0.15) is 0 Å². The first-order chi connectivity index (χ1) is 3.83. The molecular formula is C5H6NOS. The highest BCUT2D eigenvalue weighted by Crippen LogP contribution is 2.06. The van der Waals surface area contributed by atoms with E-state index in [9.17, 15) is 5.11 Å². The summed E-state index contributed by atoms with van der Waals surface area (Å²) in [7, 11) is 0. The molecule has 0 atom stereocenters. The Bertz CT molecular complexity index is 173. The minimum atomic E-state index is -0.190. The first-order valence-corrected chi connectivity index (χ1v) is 3.20. The normalized spacial score (nSPS) is 9.75. The van der Waals surface area contributed by atoms with Crippen molar-refractivity contribution in [3.63, 3.8) is 0 Å². The predicted octanol–water partition coefficient (Wildman–Crippen LogP) is 1.38. The second kappa shape index (κ2) is 2.24. The van der Waals surface area contributed by atoms with Gasteiger partial charge < -0.3 is 0 Å². The van der Waals surface area contributed by atoms with Crippen LogP contribution in [0, 0.1) is 6.92 Å². The lowest BCUT2D eigenvalue weighted by atomic mass is 10.5. The summed E-state index contributed by atoms with van der Waals surface area (Å²) in [6.45, 7) is 1.70. The van der Waals surface area contributed by atoms with Gasteiger partial charge in [0.15, 0.2) is 0 Å². The fourth-order valence-electron chi connectivity index (χ4n) is 0.475. The number of thiazole rings is 1. The maximum atomic E-state index is 10.1. The lowest BCUT2D eigenvalue weighted by Crippen LogP contribution is -1.78. The standard InChI is InChI=1S/C5H6NOS/c1-4-6-5(2-7)3-8-4/h3H,2H2,1H3. The van der Waals surface area contributed by atoms with Crippen LogP contribution in [0.4, 0.5) is 0 Å². The molecule has 3 heteroatoms. The lowest BCUT2D eigenvalue weighted by Gasteiger charge is -1.77. The summed E-state index contributed by atoms with van der Waals surface area (Å²) < 4.78 is 0. The zero-order valence-electron chi connectivity index (χ0n) is 4.55. The van der Waals surface area contributed by atoms with Crippen molar-refractivity contribution < 1.29 is 5.11 Å². The summed E-state index contributed by atoms with van der Waals surface area (Å²) in [6, 6.07) is 0. The van der Waals surface area contributed by atoms with Gasteiger partial charge >= 0.3 is 0 Å². The van der Waals surface area contributed by atoms with Gasteiger partial charge in [-0.1, -0.05) is 0 Å². The molecule has 1 rings (SSSR count). The van der Waals surface area contributed by atoms with Crippen LogP contribution in [0.15, 0.2) is 5.38 Å². The molecular weight excluding hydrogens is 122 g/mol. The summed E-state index contributed by atoms with van der Waals surface area (Å²) in [6.07, 6.45) is 0. The van der Waals surface area contributed by atoms with E-state index >= 15 is 0 Å². The van der Waals surface area contributed by atoms with E-state index in [-0.39, 0.29) is 6.61 Å². The Hall–Kier alpha value is -0.410. The fourth-order valence-corrected chi connectivity index (χ4v) is 1.07. The number of aryl methyl sites for hydroxylation is 1. The number of aromatic nitrogens is 1. The number of hydrogen-bond acceptors (Lipinski definition) is 2. The average molecular weight is 128 g/mol. The number of nitrogens with zero attached hydrogens (tertiary/aromatic N) is 1. The van der Waals surface area contributed by atoms with Gasteiger partial charge in [-0.05, 0) is 6.92 Å². The smallest absolute Gasteiger partial charge is 0.125 e. The lowest BCUT2D eigenvalue weighted by molar-refractivity contribution is 0.174. The van der Waals surface area contributed by atoms with E-state index in [2.05, 4.69) is 4.98 Å². The Kier molecular flexibility index (Phi) is 1.60. The third-order valence-electron chi connectivity index (χ3n) is 0.814. The second-order valence-corrected chi connectivity index (χ2v) is 2.56. The Morgan fingerprint density at radius 1 is 1.88 bits per heavy atom. The molecule has 0 spiro atoms. The Morgan fingerprint density at radius 3 is 2.88 bits per heavy atom. The van der Waals surface area contributed by atoms with Crippen LogP contribution >= 0.6 is 11.3 Å². The maximum absolute atomic E-state index is 10.1. The highest BCUT2D eigenvalue weighted by molar-refractivity contribution is 7.09. The maximum Gasteiger partial charge on any atom is 0.125 e. The second-order valence-electron chi connectivity index (χ2n) is 1.50. The van der Waals surface area contributed by atoms with Crippen molar-refractivity contribution in [2.24, 2.45) is 0 Å². The quantitative estimate of drug-likeness (QED) is 0.562. The van der Waals surface area contributed by atoms with Crippen molar-refractivity contribution in [3.05, 3.63) is 16.1 Å². The molecule has 0 N–H and O–H groups in total. The van der Waals surface area contributed by atoms with Crippen molar-refractivity contribution in [2.75, 3.05) is 0 Å². The molecule has 0 aliphatic rings. The molecule has 1 aromatic heterocycles. The van der Waals surface area contributed by atoms with Crippen LogP contribution in [0.3, 0.4) is 0 Å². The van der Waals surface area contributed by atoms with Crippen molar-refractivity contribution in [2.45, 2.75) is 13.5 Å². The summed E-state index contributed by atoms with van der Waals surface area (Å²) in [5, 5.41) is 12.9.